The largest absolute Gasteiger partial charge is 0.497 e. The first-order valence-corrected chi connectivity index (χ1v) is 6.69. The summed E-state index contributed by atoms with van der Waals surface area (Å²) in [6, 6.07) is 5.33. The van der Waals surface area contributed by atoms with Crippen LogP contribution in [0.4, 0.5) is 5.69 Å². The molecule has 2 aromatic rings. The molecule has 0 radical (unpaired) electrons. The number of ether oxygens (including phenoxy) is 1. The van der Waals surface area contributed by atoms with Crippen LogP contribution in [0.15, 0.2) is 35.6 Å². The molecule has 1 aromatic heterocycles. The number of carbonyl (C=O) groups is 1. The Balaban J connectivity index is 2.19. The standard InChI is InChI=1S/C13H13N3O3S/c1-19-8-2-3-10(14)12(4-8)20-6-11-9(13(17)18)5-15-7-16-11/h2-5,7H,6,14H2,1H3,(H,17,18). The quantitative estimate of drug-likeness (QED) is 0.642. The number of methoxy groups -OCH3 is 1. The van der Waals surface area contributed by atoms with Gasteiger partial charge in [-0.2, -0.15) is 0 Å². The van der Waals surface area contributed by atoms with Crippen LogP contribution in [0.1, 0.15) is 16.1 Å². The second-order valence-electron chi connectivity index (χ2n) is 3.88. The van der Waals surface area contributed by atoms with Crippen molar-refractivity contribution in [3.05, 3.63) is 42.0 Å². The van der Waals surface area contributed by atoms with Crippen LogP contribution >= 0.6 is 11.8 Å². The van der Waals surface area contributed by atoms with Crippen LogP contribution in [0.3, 0.4) is 0 Å². The number of nitrogen functional groups attached to an aromatic ring is 1. The lowest BCUT2D eigenvalue weighted by Gasteiger charge is -2.08. The molecule has 0 amide bonds. The van der Waals surface area contributed by atoms with Crippen molar-refractivity contribution in [2.45, 2.75) is 10.6 Å². The van der Waals surface area contributed by atoms with Crippen molar-refractivity contribution in [3.63, 3.8) is 0 Å². The van der Waals surface area contributed by atoms with Gasteiger partial charge in [-0.15, -0.1) is 11.8 Å². The van der Waals surface area contributed by atoms with Gasteiger partial charge in [0, 0.05) is 22.5 Å². The first kappa shape index (κ1) is 14.1. The number of carboxylic acid groups (broad SMARTS) is 1. The first-order valence-electron chi connectivity index (χ1n) is 5.70. The number of carboxylic acids is 1. The Hall–Kier alpha value is -2.28. The monoisotopic (exact) mass is 291 g/mol. The maximum atomic E-state index is 11.1. The van der Waals surface area contributed by atoms with Crippen LogP contribution in [-0.2, 0) is 5.75 Å². The molecule has 0 aliphatic carbocycles. The minimum Gasteiger partial charge on any atom is -0.497 e. The third kappa shape index (κ3) is 3.18. The number of hydrogen-bond donors (Lipinski definition) is 2. The van der Waals surface area contributed by atoms with Gasteiger partial charge in [-0.05, 0) is 18.2 Å². The number of aromatic nitrogens is 2. The highest BCUT2D eigenvalue weighted by Crippen LogP contribution is 2.31. The molecule has 1 aromatic carbocycles. The summed E-state index contributed by atoms with van der Waals surface area (Å²) in [5, 5.41) is 9.07. The predicted molar refractivity (Wildman–Crippen MR) is 76.0 cm³/mol. The fraction of sp³-hybridized carbons (Fsp3) is 0.154. The van der Waals surface area contributed by atoms with E-state index in [-0.39, 0.29) is 5.56 Å². The average Bonchev–Trinajstić information content (AvgIpc) is 2.46. The summed E-state index contributed by atoms with van der Waals surface area (Å²) in [6.45, 7) is 0. The summed E-state index contributed by atoms with van der Waals surface area (Å²) < 4.78 is 5.14. The van der Waals surface area contributed by atoms with Gasteiger partial charge in [-0.1, -0.05) is 0 Å². The fourth-order valence-corrected chi connectivity index (χ4v) is 2.52. The van der Waals surface area contributed by atoms with Crippen LogP contribution in [0.2, 0.25) is 0 Å². The maximum absolute atomic E-state index is 11.1. The van der Waals surface area contributed by atoms with Gasteiger partial charge in [0.2, 0.25) is 0 Å². The molecule has 104 valence electrons. The number of hydrogen-bond acceptors (Lipinski definition) is 6. The van der Waals surface area contributed by atoms with Crippen molar-refractivity contribution >= 4 is 23.4 Å². The van der Waals surface area contributed by atoms with E-state index in [1.165, 1.54) is 24.3 Å². The van der Waals surface area contributed by atoms with E-state index in [2.05, 4.69) is 9.97 Å². The number of anilines is 1. The second kappa shape index (κ2) is 6.25. The topological polar surface area (TPSA) is 98.3 Å². The zero-order valence-corrected chi connectivity index (χ0v) is 11.6. The molecule has 0 bridgehead atoms. The Labute approximate surface area is 120 Å². The Morgan fingerprint density at radius 1 is 1.50 bits per heavy atom. The number of aromatic carboxylic acids is 1. The number of thioether (sulfide) groups is 1. The van der Waals surface area contributed by atoms with E-state index in [0.29, 0.717) is 22.9 Å². The average molecular weight is 291 g/mol. The second-order valence-corrected chi connectivity index (χ2v) is 4.90. The Kier molecular flexibility index (Phi) is 4.41. The molecular formula is C13H13N3O3S. The SMILES string of the molecule is COc1ccc(N)c(SCc2ncncc2C(=O)O)c1. The number of benzene rings is 1. The fourth-order valence-electron chi connectivity index (χ4n) is 1.56. The third-order valence-corrected chi connectivity index (χ3v) is 3.69. The van der Waals surface area contributed by atoms with Gasteiger partial charge in [0.15, 0.2) is 0 Å². The Bertz CT molecular complexity index is 634. The van der Waals surface area contributed by atoms with Crippen LogP contribution < -0.4 is 10.5 Å². The molecule has 0 aliphatic heterocycles. The lowest BCUT2D eigenvalue weighted by Crippen LogP contribution is -2.04. The maximum Gasteiger partial charge on any atom is 0.339 e. The van der Waals surface area contributed by atoms with Gasteiger partial charge >= 0.3 is 5.97 Å². The van der Waals surface area contributed by atoms with E-state index in [9.17, 15) is 4.79 Å². The molecule has 20 heavy (non-hydrogen) atoms. The van der Waals surface area contributed by atoms with Gasteiger partial charge in [0.1, 0.15) is 17.6 Å². The van der Waals surface area contributed by atoms with Crippen molar-refractivity contribution in [3.8, 4) is 5.75 Å². The normalized spacial score (nSPS) is 10.2. The molecule has 0 saturated carbocycles. The molecule has 1 heterocycles. The van der Waals surface area contributed by atoms with Crippen LogP contribution in [-0.4, -0.2) is 28.2 Å². The van der Waals surface area contributed by atoms with Crippen LogP contribution in [0.5, 0.6) is 5.75 Å². The summed E-state index contributed by atoms with van der Waals surface area (Å²) in [7, 11) is 1.58. The predicted octanol–water partition coefficient (Wildman–Crippen LogP) is 2.06. The minimum absolute atomic E-state index is 0.0986. The molecule has 7 heteroatoms. The summed E-state index contributed by atoms with van der Waals surface area (Å²) in [5.74, 6) is 0.0456. The summed E-state index contributed by atoms with van der Waals surface area (Å²) in [4.78, 5) is 19.6. The van der Waals surface area contributed by atoms with Crippen molar-refractivity contribution in [2.24, 2.45) is 0 Å². The van der Waals surface area contributed by atoms with E-state index < -0.39 is 5.97 Å². The number of rotatable bonds is 5. The van der Waals surface area contributed by atoms with Gasteiger partial charge in [-0.25, -0.2) is 14.8 Å². The van der Waals surface area contributed by atoms with Gasteiger partial charge < -0.3 is 15.6 Å². The molecule has 0 saturated heterocycles. The van der Waals surface area contributed by atoms with E-state index in [0.717, 1.165) is 4.90 Å². The summed E-state index contributed by atoms with van der Waals surface area (Å²) >= 11 is 1.40. The molecule has 0 fully saturated rings. The molecule has 0 unspecified atom stereocenters. The zero-order chi connectivity index (χ0) is 14.5. The molecule has 3 N–H and O–H groups in total. The molecule has 0 atom stereocenters. The number of nitrogens with zero attached hydrogens (tertiary/aromatic N) is 2. The number of nitrogens with two attached hydrogens (primary N) is 1. The molecule has 0 aliphatic rings. The zero-order valence-electron chi connectivity index (χ0n) is 10.7. The summed E-state index contributed by atoms with van der Waals surface area (Å²) in [5.41, 5.74) is 7.05. The third-order valence-electron chi connectivity index (χ3n) is 2.61. The Morgan fingerprint density at radius 3 is 3.00 bits per heavy atom. The van der Waals surface area contributed by atoms with Crippen molar-refractivity contribution < 1.29 is 14.6 Å². The van der Waals surface area contributed by atoms with Crippen molar-refractivity contribution in [1.29, 1.82) is 0 Å². The van der Waals surface area contributed by atoms with Crippen LogP contribution in [0, 0.1) is 0 Å². The highest BCUT2D eigenvalue weighted by Gasteiger charge is 2.12. The van der Waals surface area contributed by atoms with E-state index in [1.54, 1.807) is 19.2 Å². The van der Waals surface area contributed by atoms with E-state index in [4.69, 9.17) is 15.6 Å². The molecule has 6 nitrogen and oxygen atoms in total. The highest BCUT2D eigenvalue weighted by molar-refractivity contribution is 7.98. The van der Waals surface area contributed by atoms with Crippen LogP contribution in [0.25, 0.3) is 0 Å². The van der Waals surface area contributed by atoms with Gasteiger partial charge in [-0.3, -0.25) is 0 Å². The molecule has 2 rings (SSSR count). The Morgan fingerprint density at radius 2 is 2.30 bits per heavy atom. The van der Waals surface area contributed by atoms with Crippen molar-refractivity contribution in [2.75, 3.05) is 12.8 Å². The summed E-state index contributed by atoms with van der Waals surface area (Å²) in [6.07, 6.45) is 2.62. The minimum atomic E-state index is -1.04. The van der Waals surface area contributed by atoms with Crippen molar-refractivity contribution in [1.82, 2.24) is 9.97 Å². The molecular weight excluding hydrogens is 278 g/mol. The highest BCUT2D eigenvalue weighted by atomic mass is 32.2. The lowest BCUT2D eigenvalue weighted by atomic mass is 10.2. The van der Waals surface area contributed by atoms with E-state index in [1.807, 2.05) is 6.07 Å². The van der Waals surface area contributed by atoms with E-state index >= 15 is 0 Å². The first-order chi connectivity index (χ1) is 9.61. The van der Waals surface area contributed by atoms with Gasteiger partial charge in [0.05, 0.1) is 12.8 Å². The lowest BCUT2D eigenvalue weighted by molar-refractivity contribution is 0.0695. The molecule has 0 spiro atoms. The smallest absolute Gasteiger partial charge is 0.339 e. The van der Waals surface area contributed by atoms with Gasteiger partial charge in [0.25, 0.3) is 0 Å².